The van der Waals surface area contributed by atoms with Gasteiger partial charge in [-0.2, -0.15) is 0 Å². The highest BCUT2D eigenvalue weighted by atomic mass is 32.2. The van der Waals surface area contributed by atoms with Gasteiger partial charge in [0.1, 0.15) is 114 Å². The van der Waals surface area contributed by atoms with Crippen molar-refractivity contribution < 1.29 is 115 Å². The molecular formula is C78H104N14O25S5. The number of urea groups is 1. The van der Waals surface area contributed by atoms with E-state index in [0.29, 0.717) is 144 Å². The minimum Gasteiger partial charge on any atom is -0.492 e. The first-order valence-corrected chi connectivity index (χ1v) is 47.8. The summed E-state index contributed by atoms with van der Waals surface area (Å²) in [6, 6.07) is 25.4. The number of likely N-dealkylation sites (tertiary alicyclic amines) is 3. The summed E-state index contributed by atoms with van der Waals surface area (Å²) in [5.74, 6) is 1.72. The summed E-state index contributed by atoms with van der Waals surface area (Å²) in [6.45, 7) is 13.1. The molecule has 15 rings (SSSR count). The number of carbonyl (C=O) groups excluding carboxylic acids is 3. The summed E-state index contributed by atoms with van der Waals surface area (Å²) in [6.07, 6.45) is -1.20. The van der Waals surface area contributed by atoms with Crippen LogP contribution in [0, 0.1) is 11.8 Å². The minimum absolute atomic E-state index is 0.00517. The van der Waals surface area contributed by atoms with E-state index in [4.69, 9.17) is 61.8 Å². The van der Waals surface area contributed by atoms with Crippen LogP contribution in [0.4, 0.5) is 4.79 Å². The molecule has 5 aromatic carbocycles. The van der Waals surface area contributed by atoms with Crippen molar-refractivity contribution >= 4 is 97.1 Å². The first kappa shape index (κ1) is 92.8. The fourth-order valence-corrected chi connectivity index (χ4v) is 20.8. The molecule has 0 spiro atoms. The van der Waals surface area contributed by atoms with E-state index in [2.05, 4.69) is 27.3 Å². The van der Waals surface area contributed by atoms with E-state index in [-0.39, 0.29) is 113 Å². The molecule has 16 N–H and O–H groups in total. The summed E-state index contributed by atoms with van der Waals surface area (Å²) in [5, 5.41) is 51.3. The van der Waals surface area contributed by atoms with Gasteiger partial charge in [0.25, 0.3) is 50.1 Å². The number of aliphatic hydroxyl groups excluding tert-OH is 5. The van der Waals surface area contributed by atoms with E-state index in [1.165, 1.54) is 0 Å². The van der Waals surface area contributed by atoms with Crippen LogP contribution in [0.5, 0.6) is 28.7 Å². The molecule has 5 saturated heterocycles. The SMILES string of the molecule is CCC(=O)N1CCC(COc2cccc3c2C(N)=NS(=O)(=O)C3)C1.CCC1O[C@H](COc2cccc3c2C(N)=NS(=O)(=O)C3)[C@@H](O)[C@H]1O.CCCC(=O)N1CCC(COc2cccc3c2C(N)=NS(=O)(=O)C3)C1.CCCNC(=O)N1CCC[C@H]1COc1cccc2c1C(N)=NS(=O)(=O)C2.NC1=NS(=O)(=O)Cc2cccc(OC[C@H]3OC(O)[C@H](O)[C@@H]3O)c21. The van der Waals surface area contributed by atoms with Gasteiger partial charge in [-0.1, -0.05) is 88.4 Å². The fourth-order valence-electron chi connectivity index (χ4n) is 15.4. The molecule has 10 heterocycles. The number of sulfonamides is 5. The Morgan fingerprint density at radius 1 is 0.426 bits per heavy atom. The normalized spacial score (nSPS) is 25.5. The van der Waals surface area contributed by atoms with Crippen LogP contribution in [0.25, 0.3) is 0 Å². The average Bonchev–Trinajstić information content (AvgIpc) is 1.10. The van der Waals surface area contributed by atoms with E-state index >= 15 is 0 Å². The number of rotatable bonds is 21. The van der Waals surface area contributed by atoms with Crippen molar-refractivity contribution in [1.82, 2.24) is 20.0 Å². The fraction of sp³-hybridized carbons (Fsp3) is 0.513. The number of nitrogens with two attached hydrogens (primary N) is 5. The van der Waals surface area contributed by atoms with Crippen LogP contribution in [-0.2, 0) is 97.9 Å². The number of hydrogen-bond acceptors (Lipinski definition) is 30. The molecule has 4 amide bonds. The smallest absolute Gasteiger partial charge is 0.317 e. The monoisotopic (exact) mass is 1800 g/mol. The second-order valence-corrected chi connectivity index (χ2v) is 38.7. The highest BCUT2D eigenvalue weighted by molar-refractivity contribution is 7.90. The Balaban J connectivity index is 0.000000149. The van der Waals surface area contributed by atoms with Crippen molar-refractivity contribution in [3.05, 3.63) is 147 Å². The highest BCUT2D eigenvalue weighted by Gasteiger charge is 2.44. The van der Waals surface area contributed by atoms with Crippen LogP contribution in [0.3, 0.4) is 0 Å². The molecule has 0 radical (unpaired) electrons. The molecule has 11 atom stereocenters. The molecule has 0 bridgehead atoms. The Hall–Kier alpha value is -9.87. The van der Waals surface area contributed by atoms with Gasteiger partial charge in [-0.05, 0) is 103 Å². The van der Waals surface area contributed by atoms with Crippen molar-refractivity contribution in [2.75, 3.05) is 72.3 Å². The summed E-state index contributed by atoms with van der Waals surface area (Å²) >= 11 is 0. The quantitative estimate of drug-likeness (QED) is 0.0486. The Bertz CT molecular complexity index is 5470. The van der Waals surface area contributed by atoms with Crippen LogP contribution >= 0.6 is 0 Å². The predicted molar refractivity (Wildman–Crippen MR) is 448 cm³/mol. The lowest BCUT2D eigenvalue weighted by Crippen LogP contribution is -2.45. The van der Waals surface area contributed by atoms with Gasteiger partial charge in [0.05, 0.1) is 81.9 Å². The molecule has 10 aliphatic rings. The highest BCUT2D eigenvalue weighted by Crippen LogP contribution is 2.36. The maximum Gasteiger partial charge on any atom is 0.317 e. The first-order chi connectivity index (χ1) is 57.8. The number of aliphatic hydroxyl groups is 5. The van der Waals surface area contributed by atoms with Gasteiger partial charge in [0.2, 0.25) is 11.8 Å². The van der Waals surface area contributed by atoms with E-state index in [1.807, 2.05) is 37.5 Å². The molecule has 10 aliphatic heterocycles. The molecule has 122 heavy (non-hydrogen) atoms. The number of amides is 4. The predicted octanol–water partition coefficient (Wildman–Crippen LogP) is 0.900. The third-order valence-corrected chi connectivity index (χ3v) is 27.1. The van der Waals surface area contributed by atoms with Gasteiger partial charge in [0.15, 0.2) is 6.29 Å². The molecule has 39 nitrogen and oxygen atoms in total. The zero-order valence-corrected chi connectivity index (χ0v) is 71.7. The van der Waals surface area contributed by atoms with Crippen LogP contribution < -0.4 is 57.7 Å². The first-order valence-electron chi connectivity index (χ1n) is 39.8. The number of hydrogen-bond donors (Lipinski definition) is 11. The summed E-state index contributed by atoms with van der Waals surface area (Å²) < 4.78 is 174. The van der Waals surface area contributed by atoms with E-state index in [0.717, 1.165) is 51.6 Å². The summed E-state index contributed by atoms with van der Waals surface area (Å²) in [7, 11) is -17.9. The van der Waals surface area contributed by atoms with Gasteiger partial charge in [0, 0.05) is 63.9 Å². The molecule has 0 aromatic heterocycles. The molecule has 4 unspecified atom stereocenters. The standard InChI is InChI=1S/C17H24N4O4S.C17H23N3O4S.C16H21N3O4S.C15H20N2O6S.C13H16N2O7S/c1-2-8-19-17(22)21-9-4-6-13(21)10-25-14-7-3-5-12-11-26(23,24)20-16(18)15(12)14;1-2-4-15(21)20-8-7-12(9-20)10-24-14-6-3-5-13-11-25(22,23)19-17(18)16(13)14;1-2-14(20)19-7-6-11(8-19)9-23-13-5-3-4-12-10-24(21,22)18-16(17)15(12)13;1-2-9-13(18)14(19)11(23-9)6-22-10-5-3-4-8-7-24(20,21)17-15(16)12(8)10;14-12-9-6(5-23(19,20)15-12)2-1-3-7(9)21-4-8-10(16)11(17)13(18)22-8/h3,5,7,13H,2,4,6,8-11H2,1H3,(H2,18,20)(H,19,22);3,5-6,12H,2,4,7-11H2,1H3,(H2,18,19);3-5,11H,2,6-10H2,1H3,(H2,17,18);3-5,9,11,13-14,18-19H,2,6-7H2,1H3,(H2,16,17);1-3,8,10-11,13,16-18H,4-5H2,(H2,14,15)/t13-;;;9?,11-,13+,14-;8-,10-,11-,13?/m0..11/s1. The summed E-state index contributed by atoms with van der Waals surface area (Å²) in [5.41, 5.74) is 34.2. The molecule has 0 aliphatic carbocycles. The van der Waals surface area contributed by atoms with Crippen LogP contribution in [0.1, 0.15) is 141 Å². The molecular weight excluding hydrogens is 1690 g/mol. The number of fused-ring (bicyclic) bond motifs is 5. The van der Waals surface area contributed by atoms with Crippen molar-refractivity contribution in [1.29, 1.82) is 0 Å². The molecule has 0 saturated carbocycles. The second kappa shape index (κ2) is 39.8. The van der Waals surface area contributed by atoms with Gasteiger partial charge in [-0.15, -0.1) is 22.0 Å². The number of nitrogens with one attached hydrogen (secondary N) is 1. The van der Waals surface area contributed by atoms with E-state index in [9.17, 15) is 82.0 Å². The topological polar surface area (TPSA) is 601 Å². The lowest BCUT2D eigenvalue weighted by molar-refractivity contribution is -0.131. The molecule has 5 aromatic rings. The van der Waals surface area contributed by atoms with E-state index < -0.39 is 99.1 Å². The van der Waals surface area contributed by atoms with Crippen molar-refractivity contribution in [2.45, 2.75) is 169 Å². The Kier molecular flexibility index (Phi) is 30.3. The minimum atomic E-state index is -3.64. The zero-order valence-electron chi connectivity index (χ0n) is 67.6. The maximum atomic E-state index is 12.2. The lowest BCUT2D eigenvalue weighted by Gasteiger charge is -2.26. The van der Waals surface area contributed by atoms with Crippen LogP contribution in [-0.4, -0.2) is 257 Å². The molecule has 666 valence electrons. The number of carbonyl (C=O) groups is 3. The van der Waals surface area contributed by atoms with Gasteiger partial charge >= 0.3 is 6.03 Å². The number of nitrogens with zero attached hydrogens (tertiary/aromatic N) is 8. The number of amidine groups is 5. The Labute approximate surface area is 707 Å². The average molecular weight is 1800 g/mol. The van der Waals surface area contributed by atoms with E-state index in [1.54, 1.807) is 95.9 Å². The molecule has 5 fully saturated rings. The van der Waals surface area contributed by atoms with Crippen LogP contribution in [0.15, 0.2) is 113 Å². The number of ether oxygens (including phenoxy) is 7. The van der Waals surface area contributed by atoms with Crippen molar-refractivity contribution in [3.63, 3.8) is 0 Å². The third kappa shape index (κ3) is 23.1. The maximum absolute atomic E-state index is 12.2. The van der Waals surface area contributed by atoms with Gasteiger partial charge < -0.3 is 107 Å². The van der Waals surface area contributed by atoms with Gasteiger partial charge in [-0.3, -0.25) is 9.59 Å². The largest absolute Gasteiger partial charge is 0.492 e. The Morgan fingerprint density at radius 3 is 1.09 bits per heavy atom. The second-order valence-electron chi connectivity index (χ2n) is 30.5. The molecule has 44 heteroatoms. The van der Waals surface area contributed by atoms with Crippen molar-refractivity contribution in [2.24, 2.45) is 62.5 Å². The summed E-state index contributed by atoms with van der Waals surface area (Å²) in [4.78, 5) is 41.5. The zero-order chi connectivity index (χ0) is 88.3. The van der Waals surface area contributed by atoms with Crippen LogP contribution in [0.2, 0.25) is 0 Å². The third-order valence-electron chi connectivity index (χ3n) is 21.3. The number of benzene rings is 5. The Morgan fingerprint density at radius 2 is 0.762 bits per heavy atom. The van der Waals surface area contributed by atoms with Crippen molar-refractivity contribution in [3.8, 4) is 28.7 Å². The lowest BCUT2D eigenvalue weighted by atomic mass is 10.1. The van der Waals surface area contributed by atoms with Gasteiger partial charge in [-0.25, -0.2) is 46.9 Å².